The number of nitrogens with zero attached hydrogens (tertiary/aromatic N) is 3. The molecule has 0 aromatic carbocycles. The van der Waals surface area contributed by atoms with Crippen LogP contribution in [-0.2, 0) is 4.79 Å². The number of pyridine rings is 1. The molecule has 1 amide bonds. The van der Waals surface area contributed by atoms with Gasteiger partial charge in [-0.25, -0.2) is 0 Å². The number of amides is 1. The highest BCUT2D eigenvalue weighted by Crippen LogP contribution is 2.43. The zero-order chi connectivity index (χ0) is 20.8. The first-order valence-corrected chi connectivity index (χ1v) is 12.2. The second-order valence-electron chi connectivity index (χ2n) is 10.2. The number of nitrogens with one attached hydrogen (secondary N) is 2. The van der Waals surface area contributed by atoms with E-state index >= 15 is 0 Å². The molecular formula is C24H39ClN5O+. The third-order valence-electron chi connectivity index (χ3n) is 8.68. The van der Waals surface area contributed by atoms with Crippen LogP contribution in [0.4, 0.5) is 11.5 Å². The molecule has 31 heavy (non-hydrogen) atoms. The van der Waals surface area contributed by atoms with Gasteiger partial charge in [0.1, 0.15) is 6.04 Å². The number of hydrogen-bond acceptors (Lipinski definition) is 4. The Morgan fingerprint density at radius 1 is 1.10 bits per heavy atom. The van der Waals surface area contributed by atoms with Crippen molar-refractivity contribution in [2.45, 2.75) is 70.9 Å². The van der Waals surface area contributed by atoms with E-state index in [1.165, 1.54) is 31.6 Å². The molecule has 1 aromatic rings. The molecule has 4 aliphatic heterocycles. The van der Waals surface area contributed by atoms with E-state index in [0.717, 1.165) is 74.3 Å². The standard InChI is InChI=1S/C24H38N5O.ClH/c1-18-5-3-16-29(18,20-8-12-26-17-20)22-7-6-21(19(2)27-22)28-15-4-9-24(23(28)30)10-13-25-14-11-24;/h6-7,18,20,25-26H,3-5,8-17H2,1-2H3;1H/q+1;/t18-,20+,29?;/m0./s1. The number of aryl methyl sites for hydroxylation is 1. The minimum Gasteiger partial charge on any atom is -0.317 e. The molecule has 1 unspecified atom stereocenters. The van der Waals surface area contributed by atoms with E-state index in [4.69, 9.17) is 4.98 Å². The van der Waals surface area contributed by atoms with Crippen LogP contribution in [0.25, 0.3) is 0 Å². The molecule has 2 N–H and O–H groups in total. The molecule has 6 nitrogen and oxygen atoms in total. The predicted molar refractivity (Wildman–Crippen MR) is 129 cm³/mol. The Morgan fingerprint density at radius 2 is 1.90 bits per heavy atom. The van der Waals surface area contributed by atoms with Gasteiger partial charge in [-0.1, -0.05) is 0 Å². The van der Waals surface area contributed by atoms with E-state index in [2.05, 4.69) is 41.5 Å². The fraction of sp³-hybridized carbons (Fsp3) is 0.750. The van der Waals surface area contributed by atoms with Crippen molar-refractivity contribution in [2.24, 2.45) is 5.41 Å². The van der Waals surface area contributed by atoms with Crippen LogP contribution in [0.1, 0.15) is 57.6 Å². The number of carbonyl (C=O) groups excluding carboxylic acids is 1. The molecule has 5 rings (SSSR count). The minimum absolute atomic E-state index is 0. The van der Waals surface area contributed by atoms with Gasteiger partial charge in [-0.3, -0.25) is 9.28 Å². The van der Waals surface area contributed by atoms with Crippen LogP contribution in [0.5, 0.6) is 0 Å². The summed E-state index contributed by atoms with van der Waals surface area (Å²) in [4.78, 5) is 20.8. The van der Waals surface area contributed by atoms with Crippen LogP contribution in [0.15, 0.2) is 12.1 Å². The Kier molecular flexibility index (Phi) is 6.64. The lowest BCUT2D eigenvalue weighted by atomic mass is 9.72. The molecule has 5 heterocycles. The van der Waals surface area contributed by atoms with Gasteiger partial charge in [-0.05, 0) is 58.7 Å². The summed E-state index contributed by atoms with van der Waals surface area (Å²) in [6.07, 6.45) is 7.87. The maximum Gasteiger partial charge on any atom is 0.233 e. The largest absolute Gasteiger partial charge is 0.317 e. The molecule has 0 bridgehead atoms. The van der Waals surface area contributed by atoms with Gasteiger partial charge >= 0.3 is 0 Å². The van der Waals surface area contributed by atoms with Gasteiger partial charge in [-0.15, -0.1) is 12.4 Å². The summed E-state index contributed by atoms with van der Waals surface area (Å²) in [6, 6.07) is 5.69. The first-order valence-electron chi connectivity index (χ1n) is 12.2. The van der Waals surface area contributed by atoms with Crippen molar-refractivity contribution in [3.63, 3.8) is 0 Å². The fourth-order valence-corrected chi connectivity index (χ4v) is 6.93. The normalized spacial score (nSPS) is 33.0. The minimum atomic E-state index is -0.151. The van der Waals surface area contributed by atoms with Crippen LogP contribution in [-0.4, -0.2) is 62.2 Å². The molecule has 4 aliphatic rings. The number of hydrogen-bond donors (Lipinski definition) is 2. The van der Waals surface area contributed by atoms with Crippen molar-refractivity contribution < 1.29 is 4.79 Å². The maximum absolute atomic E-state index is 13.6. The highest BCUT2D eigenvalue weighted by molar-refractivity contribution is 5.99. The van der Waals surface area contributed by atoms with Gasteiger partial charge in [-0.2, -0.15) is 4.98 Å². The van der Waals surface area contributed by atoms with E-state index in [-0.39, 0.29) is 17.8 Å². The van der Waals surface area contributed by atoms with Gasteiger partial charge in [0.15, 0.2) is 0 Å². The zero-order valence-corrected chi connectivity index (χ0v) is 20.0. The zero-order valence-electron chi connectivity index (χ0n) is 19.2. The number of aromatic nitrogens is 1. The Labute approximate surface area is 193 Å². The van der Waals surface area contributed by atoms with Gasteiger partial charge in [0, 0.05) is 45.0 Å². The lowest BCUT2D eigenvalue weighted by Crippen LogP contribution is -2.60. The molecule has 1 aromatic heterocycles. The smallest absolute Gasteiger partial charge is 0.233 e. The summed E-state index contributed by atoms with van der Waals surface area (Å²) >= 11 is 0. The van der Waals surface area contributed by atoms with Crippen molar-refractivity contribution in [3.8, 4) is 0 Å². The second kappa shape index (κ2) is 8.97. The molecular weight excluding hydrogens is 410 g/mol. The summed E-state index contributed by atoms with van der Waals surface area (Å²) in [7, 11) is 0. The summed E-state index contributed by atoms with van der Waals surface area (Å²) in [5.41, 5.74) is 1.91. The van der Waals surface area contributed by atoms with Gasteiger partial charge in [0.2, 0.25) is 11.7 Å². The van der Waals surface area contributed by atoms with Crippen molar-refractivity contribution in [3.05, 3.63) is 17.8 Å². The Morgan fingerprint density at radius 3 is 2.55 bits per heavy atom. The highest BCUT2D eigenvalue weighted by Gasteiger charge is 2.50. The third-order valence-corrected chi connectivity index (χ3v) is 8.68. The molecule has 0 aliphatic carbocycles. The predicted octanol–water partition coefficient (Wildman–Crippen LogP) is 3.16. The molecule has 0 radical (unpaired) electrons. The van der Waals surface area contributed by atoms with Crippen molar-refractivity contribution >= 4 is 29.8 Å². The molecule has 4 saturated heterocycles. The summed E-state index contributed by atoms with van der Waals surface area (Å²) in [5.74, 6) is 1.56. The number of piperidine rings is 2. The summed E-state index contributed by atoms with van der Waals surface area (Å²) in [6.45, 7) is 10.7. The molecule has 3 atom stereocenters. The summed E-state index contributed by atoms with van der Waals surface area (Å²) < 4.78 is 1.03. The monoisotopic (exact) mass is 448 g/mol. The van der Waals surface area contributed by atoms with Crippen LogP contribution >= 0.6 is 12.4 Å². The Balaban J connectivity index is 0.00000231. The van der Waals surface area contributed by atoms with Crippen molar-refractivity contribution in [1.82, 2.24) is 20.1 Å². The molecule has 0 saturated carbocycles. The molecule has 1 spiro atoms. The SMILES string of the molecule is Cc1nc([N+]2([C@@H]3CCNC3)CCC[C@@H]2C)ccc1N1CCCC2(CCNCC2)C1=O.Cl. The van der Waals surface area contributed by atoms with Crippen molar-refractivity contribution in [2.75, 3.05) is 44.2 Å². The number of rotatable bonds is 3. The fourth-order valence-electron chi connectivity index (χ4n) is 6.93. The molecule has 7 heteroatoms. The lowest BCUT2D eigenvalue weighted by molar-refractivity contribution is -0.132. The van der Waals surface area contributed by atoms with Crippen LogP contribution < -0.4 is 20.0 Å². The number of quaternary nitrogens is 1. The number of likely N-dealkylation sites (tertiary alicyclic amines) is 1. The van der Waals surface area contributed by atoms with E-state index in [1.807, 2.05) is 0 Å². The van der Waals surface area contributed by atoms with Crippen LogP contribution in [0, 0.1) is 12.3 Å². The third kappa shape index (κ3) is 3.69. The first kappa shape index (κ1) is 23.0. The summed E-state index contributed by atoms with van der Waals surface area (Å²) in [5, 5.41) is 7.01. The van der Waals surface area contributed by atoms with Crippen LogP contribution in [0.3, 0.4) is 0 Å². The Bertz CT molecular complexity index is 800. The van der Waals surface area contributed by atoms with Crippen LogP contribution in [0.2, 0.25) is 0 Å². The van der Waals surface area contributed by atoms with E-state index in [9.17, 15) is 4.79 Å². The van der Waals surface area contributed by atoms with E-state index < -0.39 is 0 Å². The first-order chi connectivity index (χ1) is 14.6. The second-order valence-corrected chi connectivity index (χ2v) is 10.2. The number of halogens is 1. The lowest BCUT2D eigenvalue weighted by Gasteiger charge is -2.45. The Hall–Kier alpha value is -1.21. The van der Waals surface area contributed by atoms with Crippen molar-refractivity contribution in [1.29, 1.82) is 0 Å². The highest BCUT2D eigenvalue weighted by atomic mass is 35.5. The molecule has 172 valence electrons. The quantitative estimate of drug-likeness (QED) is 0.697. The van der Waals surface area contributed by atoms with Gasteiger partial charge < -0.3 is 15.5 Å². The van der Waals surface area contributed by atoms with Gasteiger partial charge in [0.25, 0.3) is 0 Å². The molecule has 4 fully saturated rings. The average Bonchev–Trinajstić information content (AvgIpc) is 3.42. The topological polar surface area (TPSA) is 57.3 Å². The number of carbonyl (C=O) groups is 1. The maximum atomic E-state index is 13.6. The van der Waals surface area contributed by atoms with E-state index in [0.29, 0.717) is 18.0 Å². The van der Waals surface area contributed by atoms with E-state index in [1.54, 1.807) is 0 Å². The average molecular weight is 449 g/mol. The van der Waals surface area contributed by atoms with Gasteiger partial charge in [0.05, 0.1) is 29.4 Å². The number of anilines is 1.